The van der Waals surface area contributed by atoms with Crippen molar-refractivity contribution in [3.8, 4) is 0 Å². The van der Waals surface area contributed by atoms with Gasteiger partial charge in [-0.1, -0.05) is 6.92 Å². The van der Waals surface area contributed by atoms with Crippen molar-refractivity contribution in [3.63, 3.8) is 0 Å². The number of benzene rings is 1. The predicted octanol–water partition coefficient (Wildman–Crippen LogP) is 3.24. The van der Waals surface area contributed by atoms with Gasteiger partial charge in [0.15, 0.2) is 0 Å². The van der Waals surface area contributed by atoms with E-state index in [4.69, 9.17) is 5.84 Å². The summed E-state index contributed by atoms with van der Waals surface area (Å²) in [5.74, 6) is 6.09. The zero-order chi connectivity index (χ0) is 13.5. The Hall–Kier alpha value is -0.170. The number of hydrogen-bond donors (Lipinski definition) is 2. The zero-order valence-electron chi connectivity index (χ0n) is 10.2. The minimum atomic E-state index is -0.546. The Kier molecular flexibility index (Phi) is 7.14. The van der Waals surface area contributed by atoms with Crippen molar-refractivity contribution < 1.29 is 8.78 Å². The number of nitrogens with one attached hydrogen (secondary N) is 1. The highest BCUT2D eigenvalue weighted by Crippen LogP contribution is 2.23. The Morgan fingerprint density at radius 2 is 2.17 bits per heavy atom. The van der Waals surface area contributed by atoms with E-state index in [1.54, 1.807) is 11.8 Å². The summed E-state index contributed by atoms with van der Waals surface area (Å²) in [5.41, 5.74) is 2.69. The quantitative estimate of drug-likeness (QED) is 0.347. The molecule has 2 nitrogen and oxygen atoms in total. The third-order valence-electron chi connectivity index (χ3n) is 2.49. The number of rotatable bonds is 7. The van der Waals surface area contributed by atoms with Gasteiger partial charge >= 0.3 is 0 Å². The largest absolute Gasteiger partial charge is 0.271 e. The monoisotopic (exact) mass is 338 g/mol. The molecular weight excluding hydrogens is 322 g/mol. The third-order valence-corrected chi connectivity index (χ3v) is 4.44. The first-order valence-electron chi connectivity index (χ1n) is 5.76. The average Bonchev–Trinajstić information content (AvgIpc) is 2.37. The molecule has 1 atom stereocenters. The van der Waals surface area contributed by atoms with Gasteiger partial charge in [-0.15, -0.1) is 0 Å². The van der Waals surface area contributed by atoms with Gasteiger partial charge in [-0.2, -0.15) is 11.8 Å². The summed E-state index contributed by atoms with van der Waals surface area (Å²) in [6, 6.07) is 2.49. The molecule has 1 unspecified atom stereocenters. The summed E-state index contributed by atoms with van der Waals surface area (Å²) in [6.45, 7) is 2.09. The fourth-order valence-electron chi connectivity index (χ4n) is 1.54. The van der Waals surface area contributed by atoms with Crippen LogP contribution in [-0.4, -0.2) is 17.5 Å². The second-order valence-electron chi connectivity index (χ2n) is 3.96. The van der Waals surface area contributed by atoms with Gasteiger partial charge in [0.1, 0.15) is 11.6 Å². The Labute approximate surface area is 119 Å². The van der Waals surface area contributed by atoms with Crippen molar-refractivity contribution >= 4 is 27.7 Å². The number of halogens is 3. The summed E-state index contributed by atoms with van der Waals surface area (Å²) in [7, 11) is 0. The highest BCUT2D eigenvalue weighted by molar-refractivity contribution is 9.10. The van der Waals surface area contributed by atoms with Crippen molar-refractivity contribution in [3.05, 3.63) is 33.8 Å². The van der Waals surface area contributed by atoms with E-state index in [0.717, 1.165) is 17.9 Å². The second-order valence-corrected chi connectivity index (χ2v) is 5.97. The number of hydrogen-bond acceptors (Lipinski definition) is 3. The smallest absolute Gasteiger partial charge is 0.143 e. The van der Waals surface area contributed by atoms with Crippen molar-refractivity contribution in [2.45, 2.75) is 25.8 Å². The lowest BCUT2D eigenvalue weighted by atomic mass is 10.1. The van der Waals surface area contributed by atoms with Crippen LogP contribution >= 0.6 is 27.7 Å². The van der Waals surface area contributed by atoms with Crippen LogP contribution in [0.4, 0.5) is 8.78 Å². The highest BCUT2D eigenvalue weighted by Gasteiger charge is 2.17. The van der Waals surface area contributed by atoms with E-state index in [1.807, 2.05) is 0 Å². The van der Waals surface area contributed by atoms with Crippen LogP contribution in [0.3, 0.4) is 0 Å². The molecule has 1 aromatic carbocycles. The third kappa shape index (κ3) is 4.50. The maximum atomic E-state index is 13.8. The fourth-order valence-corrected chi connectivity index (χ4v) is 2.86. The van der Waals surface area contributed by atoms with Gasteiger partial charge in [0.25, 0.3) is 0 Å². The van der Waals surface area contributed by atoms with Gasteiger partial charge in [0.2, 0.25) is 0 Å². The van der Waals surface area contributed by atoms with E-state index in [0.29, 0.717) is 0 Å². The molecule has 0 spiro atoms. The van der Waals surface area contributed by atoms with Crippen LogP contribution < -0.4 is 11.3 Å². The van der Waals surface area contributed by atoms with Crippen LogP contribution in [0.2, 0.25) is 0 Å². The van der Waals surface area contributed by atoms with E-state index in [9.17, 15) is 8.78 Å². The van der Waals surface area contributed by atoms with E-state index < -0.39 is 11.6 Å². The molecular formula is C12H17BrF2N2S. The standard InChI is InChI=1S/C12H17BrF2N2S/c1-2-5-18-7-8(17-16)6-9-11(14)4-3-10(13)12(9)15/h3-4,8,17H,2,5-7,16H2,1H3. The first-order valence-corrected chi connectivity index (χ1v) is 7.71. The number of hydrazine groups is 1. The van der Waals surface area contributed by atoms with Gasteiger partial charge in [-0.05, 0) is 46.7 Å². The van der Waals surface area contributed by atoms with Crippen molar-refractivity contribution in [1.29, 1.82) is 0 Å². The first kappa shape index (κ1) is 15.9. The molecule has 0 heterocycles. The van der Waals surface area contributed by atoms with Gasteiger partial charge in [-0.3, -0.25) is 11.3 Å². The molecule has 0 saturated heterocycles. The second kappa shape index (κ2) is 8.09. The van der Waals surface area contributed by atoms with Gasteiger partial charge in [0, 0.05) is 17.4 Å². The normalized spacial score (nSPS) is 12.7. The van der Waals surface area contributed by atoms with Gasteiger partial charge in [0.05, 0.1) is 4.47 Å². The molecule has 1 aromatic rings. The summed E-state index contributed by atoms with van der Waals surface area (Å²) in [4.78, 5) is 0. The molecule has 0 fully saturated rings. The molecule has 0 aliphatic rings. The van der Waals surface area contributed by atoms with Gasteiger partial charge in [-0.25, -0.2) is 8.78 Å². The number of thioether (sulfide) groups is 1. The lowest BCUT2D eigenvalue weighted by Gasteiger charge is -2.16. The Morgan fingerprint density at radius 3 is 2.78 bits per heavy atom. The molecule has 0 bridgehead atoms. The molecule has 0 aliphatic carbocycles. The van der Waals surface area contributed by atoms with Crippen LogP contribution in [-0.2, 0) is 6.42 Å². The van der Waals surface area contributed by atoms with E-state index in [-0.39, 0.29) is 22.5 Å². The molecule has 102 valence electrons. The van der Waals surface area contributed by atoms with Crippen LogP contribution in [0.25, 0.3) is 0 Å². The summed E-state index contributed by atoms with van der Waals surface area (Å²) < 4.78 is 27.6. The summed E-state index contributed by atoms with van der Waals surface area (Å²) in [6.07, 6.45) is 1.31. The molecule has 0 amide bonds. The zero-order valence-corrected chi connectivity index (χ0v) is 12.6. The average molecular weight is 339 g/mol. The van der Waals surface area contributed by atoms with Crippen LogP contribution in [0.15, 0.2) is 16.6 Å². The fraction of sp³-hybridized carbons (Fsp3) is 0.500. The number of nitrogens with two attached hydrogens (primary N) is 1. The minimum Gasteiger partial charge on any atom is -0.271 e. The topological polar surface area (TPSA) is 38.0 Å². The Bertz CT molecular complexity index is 391. The summed E-state index contributed by atoms with van der Waals surface area (Å²) >= 11 is 4.78. The van der Waals surface area contributed by atoms with E-state index in [1.165, 1.54) is 12.1 Å². The van der Waals surface area contributed by atoms with E-state index in [2.05, 4.69) is 28.3 Å². The molecule has 0 aliphatic heterocycles. The first-order chi connectivity index (χ1) is 8.60. The Morgan fingerprint density at radius 1 is 1.44 bits per heavy atom. The maximum absolute atomic E-state index is 13.8. The van der Waals surface area contributed by atoms with Crippen molar-refractivity contribution in [1.82, 2.24) is 5.43 Å². The maximum Gasteiger partial charge on any atom is 0.143 e. The molecule has 3 N–H and O–H groups in total. The lowest BCUT2D eigenvalue weighted by Crippen LogP contribution is -2.39. The predicted molar refractivity (Wildman–Crippen MR) is 76.5 cm³/mol. The minimum absolute atomic E-state index is 0.0735. The SMILES string of the molecule is CCCSCC(Cc1c(F)ccc(Br)c1F)NN. The molecule has 0 saturated carbocycles. The van der Waals surface area contributed by atoms with Crippen LogP contribution in [0.1, 0.15) is 18.9 Å². The lowest BCUT2D eigenvalue weighted by molar-refractivity contribution is 0.509. The van der Waals surface area contributed by atoms with E-state index >= 15 is 0 Å². The van der Waals surface area contributed by atoms with Crippen molar-refractivity contribution in [2.75, 3.05) is 11.5 Å². The molecule has 18 heavy (non-hydrogen) atoms. The summed E-state index contributed by atoms with van der Waals surface area (Å²) in [5, 5.41) is 0. The van der Waals surface area contributed by atoms with Crippen molar-refractivity contribution in [2.24, 2.45) is 5.84 Å². The van der Waals surface area contributed by atoms with Crippen LogP contribution in [0, 0.1) is 11.6 Å². The molecule has 1 rings (SSSR count). The van der Waals surface area contributed by atoms with Gasteiger partial charge < -0.3 is 0 Å². The Balaban J connectivity index is 2.72. The molecule has 6 heteroatoms. The van der Waals surface area contributed by atoms with Crippen LogP contribution in [0.5, 0.6) is 0 Å². The molecule has 0 aromatic heterocycles. The molecule has 0 radical (unpaired) electrons. The highest BCUT2D eigenvalue weighted by atomic mass is 79.9.